The molecule has 0 spiro atoms. The second-order valence-electron chi connectivity index (χ2n) is 4.21. The van der Waals surface area contributed by atoms with Crippen molar-refractivity contribution in [1.29, 1.82) is 0 Å². The summed E-state index contributed by atoms with van der Waals surface area (Å²) in [7, 11) is 0. The Hall–Kier alpha value is -1.09. The summed E-state index contributed by atoms with van der Waals surface area (Å²) in [5.74, 6) is 0.485. The second-order valence-corrected chi connectivity index (χ2v) is 4.64. The normalized spacial score (nSPS) is 18.1. The Bertz CT molecular complexity index is 387. The third-order valence-electron chi connectivity index (χ3n) is 3.10. The Morgan fingerprint density at radius 1 is 1.38 bits per heavy atom. The van der Waals surface area contributed by atoms with Gasteiger partial charge in [-0.1, -0.05) is 36.0 Å². The molecule has 0 aromatic carbocycles. The summed E-state index contributed by atoms with van der Waals surface area (Å²) in [5, 5.41) is 12.3. The number of hydrogen-bond donors (Lipinski definition) is 1. The first-order chi connectivity index (χ1) is 7.81. The van der Waals surface area contributed by atoms with Crippen molar-refractivity contribution in [1.82, 2.24) is 4.98 Å². The molecule has 0 amide bonds. The largest absolute Gasteiger partial charge is 0.411 e. The first-order valence-electron chi connectivity index (χ1n) is 5.64. The van der Waals surface area contributed by atoms with E-state index in [9.17, 15) is 0 Å². The van der Waals surface area contributed by atoms with Gasteiger partial charge < -0.3 is 5.21 Å². The zero-order chi connectivity index (χ0) is 11.4. The van der Waals surface area contributed by atoms with Crippen LogP contribution in [0.5, 0.6) is 0 Å². The van der Waals surface area contributed by atoms with E-state index in [2.05, 4.69) is 10.1 Å². The lowest BCUT2D eigenvalue weighted by atomic mass is 9.85. The van der Waals surface area contributed by atoms with E-state index in [1.807, 2.05) is 0 Å². The molecule has 0 aliphatic heterocycles. The summed E-state index contributed by atoms with van der Waals surface area (Å²) < 4.78 is 0. The SMILES string of the molecule is O/N=C\c1cc(Cl)cnc1C1CCCCC1. The van der Waals surface area contributed by atoms with Crippen LogP contribution in [0, 0.1) is 0 Å². The van der Waals surface area contributed by atoms with E-state index < -0.39 is 0 Å². The number of rotatable bonds is 2. The number of halogens is 1. The summed E-state index contributed by atoms with van der Waals surface area (Å²) >= 11 is 5.89. The molecule has 1 aliphatic rings. The molecule has 1 aromatic rings. The Kier molecular flexibility index (Phi) is 3.78. The van der Waals surface area contributed by atoms with Crippen molar-refractivity contribution in [3.8, 4) is 0 Å². The Morgan fingerprint density at radius 2 is 2.12 bits per heavy atom. The van der Waals surface area contributed by atoms with Crippen LogP contribution in [0.1, 0.15) is 49.3 Å². The summed E-state index contributed by atoms with van der Waals surface area (Å²) in [6, 6.07) is 1.80. The molecule has 0 bridgehead atoms. The highest BCUT2D eigenvalue weighted by Gasteiger charge is 2.19. The van der Waals surface area contributed by atoms with E-state index in [0.29, 0.717) is 10.9 Å². The zero-order valence-corrected chi connectivity index (χ0v) is 9.82. The molecule has 1 N–H and O–H groups in total. The molecule has 2 rings (SSSR count). The average Bonchev–Trinajstić information content (AvgIpc) is 2.31. The highest BCUT2D eigenvalue weighted by molar-refractivity contribution is 6.30. The maximum absolute atomic E-state index is 8.63. The highest BCUT2D eigenvalue weighted by atomic mass is 35.5. The van der Waals surface area contributed by atoms with Crippen LogP contribution < -0.4 is 0 Å². The maximum atomic E-state index is 8.63. The van der Waals surface area contributed by atoms with Gasteiger partial charge in [-0.05, 0) is 18.9 Å². The van der Waals surface area contributed by atoms with Crippen LogP contribution in [0.15, 0.2) is 17.4 Å². The highest BCUT2D eigenvalue weighted by Crippen LogP contribution is 2.33. The maximum Gasteiger partial charge on any atom is 0.0752 e. The summed E-state index contributed by atoms with van der Waals surface area (Å²) in [4.78, 5) is 4.39. The van der Waals surface area contributed by atoms with Crippen LogP contribution in [0.25, 0.3) is 0 Å². The van der Waals surface area contributed by atoms with Gasteiger partial charge in [0.2, 0.25) is 0 Å². The van der Waals surface area contributed by atoms with Gasteiger partial charge in [0.25, 0.3) is 0 Å². The van der Waals surface area contributed by atoms with Gasteiger partial charge >= 0.3 is 0 Å². The second kappa shape index (κ2) is 5.30. The van der Waals surface area contributed by atoms with Crippen molar-refractivity contribution < 1.29 is 5.21 Å². The Balaban J connectivity index is 2.30. The van der Waals surface area contributed by atoms with Gasteiger partial charge in [0.1, 0.15) is 0 Å². The molecule has 1 fully saturated rings. The molecule has 1 aliphatic carbocycles. The number of oxime groups is 1. The van der Waals surface area contributed by atoms with Crippen molar-refractivity contribution in [3.05, 3.63) is 28.5 Å². The van der Waals surface area contributed by atoms with Gasteiger partial charge in [-0.2, -0.15) is 0 Å². The van der Waals surface area contributed by atoms with Gasteiger partial charge in [0, 0.05) is 17.7 Å². The summed E-state index contributed by atoms with van der Waals surface area (Å²) in [6.45, 7) is 0. The Morgan fingerprint density at radius 3 is 2.81 bits per heavy atom. The topological polar surface area (TPSA) is 45.5 Å². The van der Waals surface area contributed by atoms with E-state index in [-0.39, 0.29) is 0 Å². The molecule has 0 atom stereocenters. The van der Waals surface area contributed by atoms with E-state index in [0.717, 1.165) is 11.3 Å². The molecule has 3 nitrogen and oxygen atoms in total. The van der Waals surface area contributed by atoms with E-state index in [1.54, 1.807) is 12.3 Å². The summed E-state index contributed by atoms with van der Waals surface area (Å²) in [5.41, 5.74) is 1.85. The predicted molar refractivity (Wildman–Crippen MR) is 64.5 cm³/mol. The minimum Gasteiger partial charge on any atom is -0.411 e. The van der Waals surface area contributed by atoms with Crippen LogP contribution in [0.2, 0.25) is 5.02 Å². The molecule has 0 saturated heterocycles. The fourth-order valence-corrected chi connectivity index (χ4v) is 2.51. The number of pyridine rings is 1. The first kappa shape index (κ1) is 11.4. The molecule has 1 saturated carbocycles. The fraction of sp³-hybridized carbons (Fsp3) is 0.500. The predicted octanol–water partition coefficient (Wildman–Crippen LogP) is 3.59. The van der Waals surface area contributed by atoms with Gasteiger partial charge in [-0.3, -0.25) is 4.98 Å². The van der Waals surface area contributed by atoms with Crippen LogP contribution in [-0.4, -0.2) is 16.4 Å². The third-order valence-corrected chi connectivity index (χ3v) is 3.31. The minimum absolute atomic E-state index is 0.485. The zero-order valence-electron chi connectivity index (χ0n) is 9.06. The smallest absolute Gasteiger partial charge is 0.0752 e. The lowest BCUT2D eigenvalue weighted by Crippen LogP contribution is -2.09. The molecule has 16 heavy (non-hydrogen) atoms. The molecular weight excluding hydrogens is 224 g/mol. The van der Waals surface area contributed by atoms with Crippen LogP contribution >= 0.6 is 11.6 Å². The molecule has 4 heteroatoms. The number of aromatic nitrogens is 1. The van der Waals surface area contributed by atoms with E-state index in [4.69, 9.17) is 16.8 Å². The monoisotopic (exact) mass is 238 g/mol. The van der Waals surface area contributed by atoms with Gasteiger partial charge in [0.05, 0.1) is 16.9 Å². The van der Waals surface area contributed by atoms with Gasteiger partial charge in [0.15, 0.2) is 0 Å². The molecule has 1 heterocycles. The quantitative estimate of drug-likeness (QED) is 0.486. The van der Waals surface area contributed by atoms with Crippen molar-refractivity contribution in [2.75, 3.05) is 0 Å². The molecule has 1 aromatic heterocycles. The number of nitrogens with zero attached hydrogens (tertiary/aromatic N) is 2. The number of hydrogen-bond acceptors (Lipinski definition) is 3. The van der Waals surface area contributed by atoms with Crippen LogP contribution in [-0.2, 0) is 0 Å². The lowest BCUT2D eigenvalue weighted by molar-refractivity contribution is 0.321. The van der Waals surface area contributed by atoms with E-state index in [1.165, 1.54) is 38.3 Å². The minimum atomic E-state index is 0.485. The van der Waals surface area contributed by atoms with Gasteiger partial charge in [-0.15, -0.1) is 0 Å². The van der Waals surface area contributed by atoms with Gasteiger partial charge in [-0.25, -0.2) is 0 Å². The lowest BCUT2D eigenvalue weighted by Gasteiger charge is -2.22. The Labute approximate surface area is 100 Å². The van der Waals surface area contributed by atoms with Crippen molar-refractivity contribution in [3.63, 3.8) is 0 Å². The van der Waals surface area contributed by atoms with E-state index >= 15 is 0 Å². The first-order valence-corrected chi connectivity index (χ1v) is 6.02. The molecule has 86 valence electrons. The molecular formula is C12H15ClN2O. The third kappa shape index (κ3) is 2.53. The van der Waals surface area contributed by atoms with Crippen molar-refractivity contribution in [2.45, 2.75) is 38.0 Å². The average molecular weight is 239 g/mol. The van der Waals surface area contributed by atoms with Crippen molar-refractivity contribution >= 4 is 17.8 Å². The molecule has 0 unspecified atom stereocenters. The summed E-state index contributed by atoms with van der Waals surface area (Å²) in [6.07, 6.45) is 9.24. The standard InChI is InChI=1S/C12H15ClN2O/c13-11-6-10(7-15-16)12(14-8-11)9-4-2-1-3-5-9/h6-9,16H,1-5H2/b15-7-. The fourth-order valence-electron chi connectivity index (χ4n) is 2.35. The molecule has 0 radical (unpaired) electrons. The van der Waals surface area contributed by atoms with Crippen LogP contribution in [0.3, 0.4) is 0 Å². The van der Waals surface area contributed by atoms with Crippen molar-refractivity contribution in [2.24, 2.45) is 5.16 Å². The van der Waals surface area contributed by atoms with Crippen LogP contribution in [0.4, 0.5) is 0 Å².